The van der Waals surface area contributed by atoms with Gasteiger partial charge in [-0.05, 0) is 42.8 Å². The molecular formula is C15H13Cl3FN. The Balaban J connectivity index is 2.31. The highest BCUT2D eigenvalue weighted by molar-refractivity contribution is 6.42. The summed E-state index contributed by atoms with van der Waals surface area (Å²) in [5, 5.41) is 1.35. The Kier molecular flexibility index (Phi) is 5.28. The summed E-state index contributed by atoms with van der Waals surface area (Å²) in [6.07, 6.45) is 0.417. The van der Waals surface area contributed by atoms with Crippen LogP contribution in [0.1, 0.15) is 17.0 Å². The molecule has 1 atom stereocenters. The van der Waals surface area contributed by atoms with Crippen LogP contribution in [0.2, 0.25) is 15.1 Å². The average Bonchev–Trinajstić information content (AvgIpc) is 2.42. The first-order valence-electron chi connectivity index (χ1n) is 6.10. The Hall–Kier alpha value is -0.800. The molecule has 5 heteroatoms. The van der Waals surface area contributed by atoms with Gasteiger partial charge in [0, 0.05) is 16.5 Å². The predicted molar refractivity (Wildman–Crippen MR) is 83.4 cm³/mol. The van der Waals surface area contributed by atoms with Crippen molar-refractivity contribution in [3.05, 3.63) is 68.4 Å². The van der Waals surface area contributed by atoms with Crippen molar-refractivity contribution in [2.45, 2.75) is 12.3 Å². The SMILES string of the molecule is NCC(Cc1c(F)cccc1Cl)c1ccc(Cl)c(Cl)c1. The van der Waals surface area contributed by atoms with Crippen LogP contribution in [-0.2, 0) is 6.42 Å². The highest BCUT2D eigenvalue weighted by atomic mass is 35.5. The third kappa shape index (κ3) is 3.44. The maximum atomic E-state index is 13.8. The molecule has 0 saturated carbocycles. The van der Waals surface area contributed by atoms with Gasteiger partial charge in [-0.2, -0.15) is 0 Å². The molecule has 1 nitrogen and oxygen atoms in total. The minimum Gasteiger partial charge on any atom is -0.330 e. The third-order valence-electron chi connectivity index (χ3n) is 3.21. The number of nitrogens with two attached hydrogens (primary N) is 1. The molecule has 2 aromatic rings. The van der Waals surface area contributed by atoms with E-state index in [-0.39, 0.29) is 11.7 Å². The molecule has 2 rings (SSSR count). The predicted octanol–water partition coefficient (Wildman–Crippen LogP) is 5.07. The van der Waals surface area contributed by atoms with E-state index in [1.54, 1.807) is 24.3 Å². The first kappa shape index (κ1) is 15.6. The molecule has 0 fully saturated rings. The number of hydrogen-bond donors (Lipinski definition) is 1. The van der Waals surface area contributed by atoms with Crippen LogP contribution in [0.5, 0.6) is 0 Å². The second kappa shape index (κ2) is 6.77. The van der Waals surface area contributed by atoms with Gasteiger partial charge < -0.3 is 5.73 Å². The van der Waals surface area contributed by atoms with E-state index >= 15 is 0 Å². The molecule has 0 aliphatic heterocycles. The lowest BCUT2D eigenvalue weighted by atomic mass is 9.92. The van der Waals surface area contributed by atoms with E-state index in [9.17, 15) is 4.39 Å². The van der Waals surface area contributed by atoms with Gasteiger partial charge in [0.05, 0.1) is 10.0 Å². The number of rotatable bonds is 4. The summed E-state index contributed by atoms with van der Waals surface area (Å²) in [6, 6.07) is 9.96. The largest absolute Gasteiger partial charge is 0.330 e. The zero-order valence-electron chi connectivity index (χ0n) is 10.5. The van der Waals surface area contributed by atoms with Crippen molar-refractivity contribution in [2.24, 2.45) is 5.73 Å². The molecule has 0 radical (unpaired) electrons. The molecular weight excluding hydrogens is 320 g/mol. The van der Waals surface area contributed by atoms with Crippen molar-refractivity contribution in [2.75, 3.05) is 6.54 Å². The fraction of sp³-hybridized carbons (Fsp3) is 0.200. The van der Waals surface area contributed by atoms with Crippen LogP contribution in [0.3, 0.4) is 0 Å². The van der Waals surface area contributed by atoms with Crippen LogP contribution in [0.25, 0.3) is 0 Å². The standard InChI is InChI=1S/C15H13Cl3FN/c16-12-2-1-3-15(19)11(12)6-10(8-20)9-4-5-13(17)14(18)7-9/h1-5,7,10H,6,8,20H2. The van der Waals surface area contributed by atoms with Crippen molar-refractivity contribution < 1.29 is 4.39 Å². The fourth-order valence-corrected chi connectivity index (χ4v) is 2.62. The molecule has 1 unspecified atom stereocenters. The molecule has 0 saturated heterocycles. The van der Waals surface area contributed by atoms with Crippen molar-refractivity contribution in [1.82, 2.24) is 0 Å². The molecule has 0 aliphatic carbocycles. The average molecular weight is 333 g/mol. The van der Waals surface area contributed by atoms with E-state index in [0.29, 0.717) is 33.6 Å². The minimum atomic E-state index is -0.323. The van der Waals surface area contributed by atoms with Crippen LogP contribution < -0.4 is 5.73 Å². The molecule has 0 amide bonds. The molecule has 0 aromatic heterocycles. The van der Waals surface area contributed by atoms with Crippen molar-refractivity contribution >= 4 is 34.8 Å². The van der Waals surface area contributed by atoms with Gasteiger partial charge in [-0.1, -0.05) is 46.9 Å². The van der Waals surface area contributed by atoms with Crippen molar-refractivity contribution in [3.63, 3.8) is 0 Å². The molecule has 106 valence electrons. The van der Waals surface area contributed by atoms with E-state index in [0.717, 1.165) is 5.56 Å². The highest BCUT2D eigenvalue weighted by Gasteiger charge is 2.16. The lowest BCUT2D eigenvalue weighted by Crippen LogP contribution is -2.16. The summed E-state index contributed by atoms with van der Waals surface area (Å²) >= 11 is 17.9. The summed E-state index contributed by atoms with van der Waals surface area (Å²) in [5.41, 5.74) is 7.19. The van der Waals surface area contributed by atoms with Crippen LogP contribution >= 0.6 is 34.8 Å². The summed E-state index contributed by atoms with van der Waals surface area (Å²) in [7, 11) is 0. The third-order valence-corrected chi connectivity index (χ3v) is 4.30. The van der Waals surface area contributed by atoms with Gasteiger partial charge in [-0.25, -0.2) is 4.39 Å². The van der Waals surface area contributed by atoms with Gasteiger partial charge >= 0.3 is 0 Å². The highest BCUT2D eigenvalue weighted by Crippen LogP contribution is 2.30. The molecule has 0 spiro atoms. The Morgan fingerprint density at radius 3 is 2.35 bits per heavy atom. The second-order valence-corrected chi connectivity index (χ2v) is 5.73. The minimum absolute atomic E-state index is 0.0702. The van der Waals surface area contributed by atoms with E-state index in [1.807, 2.05) is 6.07 Å². The van der Waals surface area contributed by atoms with Crippen LogP contribution in [-0.4, -0.2) is 6.54 Å². The van der Waals surface area contributed by atoms with Gasteiger partial charge in [-0.15, -0.1) is 0 Å². The molecule has 0 bridgehead atoms. The molecule has 20 heavy (non-hydrogen) atoms. The van der Waals surface area contributed by atoms with E-state index in [4.69, 9.17) is 40.5 Å². The van der Waals surface area contributed by atoms with E-state index in [1.165, 1.54) is 6.07 Å². The van der Waals surface area contributed by atoms with E-state index < -0.39 is 0 Å². The van der Waals surface area contributed by atoms with Gasteiger partial charge in [0.25, 0.3) is 0 Å². The number of hydrogen-bond acceptors (Lipinski definition) is 1. The zero-order chi connectivity index (χ0) is 14.7. The number of halogens is 4. The zero-order valence-corrected chi connectivity index (χ0v) is 12.8. The smallest absolute Gasteiger partial charge is 0.127 e. The van der Waals surface area contributed by atoms with Crippen LogP contribution in [0.15, 0.2) is 36.4 Å². The van der Waals surface area contributed by atoms with Gasteiger partial charge in [0.1, 0.15) is 5.82 Å². The monoisotopic (exact) mass is 331 g/mol. The fourth-order valence-electron chi connectivity index (χ4n) is 2.08. The molecule has 0 heterocycles. The summed E-state index contributed by atoms with van der Waals surface area (Å²) in [6.45, 7) is 0.364. The lowest BCUT2D eigenvalue weighted by Gasteiger charge is -2.17. The van der Waals surface area contributed by atoms with Crippen LogP contribution in [0, 0.1) is 5.82 Å². The maximum Gasteiger partial charge on any atom is 0.127 e. The Bertz CT molecular complexity index is 596. The van der Waals surface area contributed by atoms with Crippen molar-refractivity contribution in [1.29, 1.82) is 0 Å². The van der Waals surface area contributed by atoms with Gasteiger partial charge in [0.15, 0.2) is 0 Å². The van der Waals surface area contributed by atoms with Gasteiger partial charge in [-0.3, -0.25) is 0 Å². The Morgan fingerprint density at radius 2 is 1.75 bits per heavy atom. The topological polar surface area (TPSA) is 26.0 Å². The molecule has 0 aliphatic rings. The Morgan fingerprint density at radius 1 is 1.00 bits per heavy atom. The maximum absolute atomic E-state index is 13.8. The van der Waals surface area contributed by atoms with Crippen molar-refractivity contribution in [3.8, 4) is 0 Å². The lowest BCUT2D eigenvalue weighted by molar-refractivity contribution is 0.590. The second-order valence-electron chi connectivity index (χ2n) is 4.51. The van der Waals surface area contributed by atoms with Crippen LogP contribution in [0.4, 0.5) is 4.39 Å². The summed E-state index contributed by atoms with van der Waals surface area (Å²) in [4.78, 5) is 0. The first-order chi connectivity index (χ1) is 9.52. The summed E-state index contributed by atoms with van der Waals surface area (Å²) < 4.78 is 13.8. The quantitative estimate of drug-likeness (QED) is 0.831. The van der Waals surface area contributed by atoms with Gasteiger partial charge in [0.2, 0.25) is 0 Å². The normalized spacial score (nSPS) is 12.4. The Labute approximate surface area is 132 Å². The van der Waals surface area contributed by atoms with E-state index in [2.05, 4.69) is 0 Å². The first-order valence-corrected chi connectivity index (χ1v) is 7.24. The number of benzene rings is 2. The summed E-state index contributed by atoms with van der Waals surface area (Å²) in [5.74, 6) is -0.393. The molecule has 2 aromatic carbocycles. The molecule has 2 N–H and O–H groups in total.